The Balaban J connectivity index is 1.68. The van der Waals surface area contributed by atoms with Crippen molar-refractivity contribution in [3.63, 3.8) is 0 Å². The Morgan fingerprint density at radius 1 is 1.10 bits per heavy atom. The van der Waals surface area contributed by atoms with Crippen molar-refractivity contribution in [1.29, 1.82) is 0 Å². The number of hydrogen-bond acceptors (Lipinski definition) is 5. The van der Waals surface area contributed by atoms with Crippen LogP contribution in [0.15, 0.2) is 35.3 Å². The number of hydrogen-bond donors (Lipinski definition) is 2. The predicted molar refractivity (Wildman–Crippen MR) is 112 cm³/mol. The van der Waals surface area contributed by atoms with Crippen LogP contribution in [-0.4, -0.2) is 40.5 Å². The molecule has 9 heteroatoms. The lowest BCUT2D eigenvalue weighted by molar-refractivity contribution is -0.0505. The topological polar surface area (TPSA) is 67.4 Å². The molecule has 1 aliphatic heterocycles. The highest BCUT2D eigenvalue weighted by Crippen LogP contribution is 2.38. The fraction of sp³-hybridized carbons (Fsp3) is 0.381. The number of anilines is 1. The van der Waals surface area contributed by atoms with Crippen LogP contribution in [0.3, 0.4) is 0 Å². The first kappa shape index (κ1) is 21.5. The Bertz CT molecular complexity index is 919. The van der Waals surface area contributed by atoms with E-state index in [9.17, 15) is 8.78 Å². The minimum atomic E-state index is -2.94. The van der Waals surface area contributed by atoms with E-state index < -0.39 is 6.61 Å². The lowest BCUT2D eigenvalue weighted by atomic mass is 10.1. The fourth-order valence-corrected chi connectivity index (χ4v) is 3.13. The summed E-state index contributed by atoms with van der Waals surface area (Å²) < 4.78 is 40.8. The summed E-state index contributed by atoms with van der Waals surface area (Å²) in [4.78, 5) is 6.27. The van der Waals surface area contributed by atoms with Crippen LogP contribution < -0.4 is 29.7 Å². The van der Waals surface area contributed by atoms with E-state index in [0.717, 1.165) is 11.3 Å². The second kappa shape index (κ2) is 9.51. The van der Waals surface area contributed by atoms with Gasteiger partial charge in [-0.25, -0.2) is 0 Å². The van der Waals surface area contributed by atoms with Gasteiger partial charge in [-0.15, -0.1) is 0 Å². The van der Waals surface area contributed by atoms with Crippen molar-refractivity contribution in [2.45, 2.75) is 26.6 Å². The molecule has 1 heterocycles. The zero-order valence-corrected chi connectivity index (χ0v) is 17.5. The van der Waals surface area contributed by atoms with Gasteiger partial charge < -0.3 is 29.7 Å². The maximum Gasteiger partial charge on any atom is 0.387 e. The molecule has 0 bridgehead atoms. The second-order valence-corrected chi connectivity index (χ2v) is 7.00. The van der Waals surface area contributed by atoms with Crippen LogP contribution in [0.5, 0.6) is 17.2 Å². The van der Waals surface area contributed by atoms with Crippen molar-refractivity contribution in [1.82, 2.24) is 10.6 Å². The Kier molecular flexibility index (Phi) is 6.81. The zero-order valence-electron chi connectivity index (χ0n) is 17.5. The summed E-state index contributed by atoms with van der Waals surface area (Å²) in [6.45, 7) is -0.0712. The van der Waals surface area contributed by atoms with E-state index in [1.165, 1.54) is 11.6 Å². The summed E-state index contributed by atoms with van der Waals surface area (Å²) in [5.74, 6) is 1.44. The van der Waals surface area contributed by atoms with Crippen LogP contribution >= 0.6 is 0 Å². The summed E-state index contributed by atoms with van der Waals surface area (Å²) in [5, 5.41) is 6.38. The third-order valence-corrected chi connectivity index (χ3v) is 4.61. The summed E-state index contributed by atoms with van der Waals surface area (Å²) in [6.07, 6.45) is 0. The zero-order chi connectivity index (χ0) is 21.7. The van der Waals surface area contributed by atoms with Gasteiger partial charge in [0.25, 0.3) is 0 Å². The smallest absolute Gasteiger partial charge is 0.387 e. The van der Waals surface area contributed by atoms with Gasteiger partial charge in [0.15, 0.2) is 17.5 Å². The SMILES string of the molecule is CN=C(NCc1cc2c(cc1OC(F)F)OCO2)NCc1ccc(C)cc1N(C)C. The molecule has 0 aromatic heterocycles. The number of alkyl halides is 2. The number of aliphatic imine (C=N–C) groups is 1. The molecule has 0 atom stereocenters. The molecule has 0 saturated heterocycles. The first-order valence-corrected chi connectivity index (χ1v) is 9.46. The van der Waals surface area contributed by atoms with Crippen molar-refractivity contribution in [3.8, 4) is 17.2 Å². The van der Waals surface area contributed by atoms with Crippen molar-refractivity contribution < 1.29 is 23.0 Å². The molecule has 2 aromatic rings. The predicted octanol–water partition coefficient (Wildman–Crippen LogP) is 3.26. The summed E-state index contributed by atoms with van der Waals surface area (Å²) in [5.41, 5.74) is 3.91. The first-order chi connectivity index (χ1) is 14.4. The molecular weight excluding hydrogens is 394 g/mol. The van der Waals surface area contributed by atoms with Gasteiger partial charge in [-0.2, -0.15) is 8.78 Å². The average Bonchev–Trinajstić information content (AvgIpc) is 3.15. The summed E-state index contributed by atoms with van der Waals surface area (Å²) >= 11 is 0. The van der Waals surface area contributed by atoms with Crippen LogP contribution in [0, 0.1) is 6.92 Å². The first-order valence-electron chi connectivity index (χ1n) is 9.46. The van der Waals surface area contributed by atoms with Crippen LogP contribution in [0.2, 0.25) is 0 Å². The number of benzene rings is 2. The molecule has 0 saturated carbocycles. The Hall–Kier alpha value is -3.23. The van der Waals surface area contributed by atoms with E-state index in [0.29, 0.717) is 29.6 Å². The van der Waals surface area contributed by atoms with Gasteiger partial charge in [0.05, 0.1) is 0 Å². The van der Waals surface area contributed by atoms with Crippen LogP contribution in [0.25, 0.3) is 0 Å². The van der Waals surface area contributed by atoms with Gasteiger partial charge in [0.2, 0.25) is 6.79 Å². The molecule has 162 valence electrons. The van der Waals surface area contributed by atoms with Crippen LogP contribution in [0.4, 0.5) is 14.5 Å². The van der Waals surface area contributed by atoms with Crippen LogP contribution in [-0.2, 0) is 13.1 Å². The van der Waals surface area contributed by atoms with Crippen molar-refractivity contribution in [2.75, 3.05) is 32.8 Å². The van der Waals surface area contributed by atoms with E-state index in [1.54, 1.807) is 13.1 Å². The molecule has 2 aromatic carbocycles. The number of guanidine groups is 1. The van der Waals surface area contributed by atoms with E-state index in [4.69, 9.17) is 9.47 Å². The Morgan fingerprint density at radius 3 is 2.40 bits per heavy atom. The molecule has 0 spiro atoms. The third-order valence-electron chi connectivity index (χ3n) is 4.61. The summed E-state index contributed by atoms with van der Waals surface area (Å²) in [7, 11) is 5.64. The number of nitrogens with zero attached hydrogens (tertiary/aromatic N) is 2. The second-order valence-electron chi connectivity index (χ2n) is 7.00. The average molecular weight is 420 g/mol. The number of halogens is 2. The maximum absolute atomic E-state index is 12.8. The minimum Gasteiger partial charge on any atom is -0.454 e. The third kappa shape index (κ3) is 5.22. The van der Waals surface area contributed by atoms with Gasteiger partial charge in [-0.1, -0.05) is 12.1 Å². The number of rotatable bonds is 7. The molecule has 0 radical (unpaired) electrons. The highest BCUT2D eigenvalue weighted by molar-refractivity contribution is 5.80. The molecule has 0 aliphatic carbocycles. The minimum absolute atomic E-state index is 0.0330. The Labute approximate surface area is 174 Å². The van der Waals surface area contributed by atoms with Crippen molar-refractivity contribution >= 4 is 11.6 Å². The number of aryl methyl sites for hydroxylation is 1. The van der Waals surface area contributed by atoms with Gasteiger partial charge >= 0.3 is 6.61 Å². The number of fused-ring (bicyclic) bond motifs is 1. The lowest BCUT2D eigenvalue weighted by Gasteiger charge is -2.20. The monoisotopic (exact) mass is 420 g/mol. The largest absolute Gasteiger partial charge is 0.454 e. The van der Waals surface area contributed by atoms with E-state index >= 15 is 0 Å². The number of nitrogens with one attached hydrogen (secondary N) is 2. The molecule has 3 rings (SSSR count). The van der Waals surface area contributed by atoms with Crippen molar-refractivity contribution in [2.24, 2.45) is 4.99 Å². The van der Waals surface area contributed by atoms with Crippen LogP contribution in [0.1, 0.15) is 16.7 Å². The molecule has 7 nitrogen and oxygen atoms in total. The van der Waals surface area contributed by atoms with Gasteiger partial charge in [-0.3, -0.25) is 4.99 Å². The molecule has 2 N–H and O–H groups in total. The molecule has 1 aliphatic rings. The van der Waals surface area contributed by atoms with E-state index in [-0.39, 0.29) is 19.1 Å². The quantitative estimate of drug-likeness (QED) is 0.530. The summed E-state index contributed by atoms with van der Waals surface area (Å²) in [6, 6.07) is 9.29. The molecular formula is C21H26F2N4O3. The highest BCUT2D eigenvalue weighted by Gasteiger charge is 2.20. The Morgan fingerprint density at radius 2 is 1.77 bits per heavy atom. The van der Waals surface area contributed by atoms with Gasteiger partial charge in [0.1, 0.15) is 5.75 Å². The molecule has 0 unspecified atom stereocenters. The molecule has 30 heavy (non-hydrogen) atoms. The van der Waals surface area contributed by atoms with Crippen molar-refractivity contribution in [3.05, 3.63) is 47.0 Å². The number of ether oxygens (including phenoxy) is 3. The molecule has 0 amide bonds. The van der Waals surface area contributed by atoms with Gasteiger partial charge in [-0.05, 0) is 30.2 Å². The molecule has 0 fully saturated rings. The van der Waals surface area contributed by atoms with E-state index in [2.05, 4.69) is 50.4 Å². The maximum atomic E-state index is 12.8. The standard InChI is InChI=1S/C21H26F2N4O3/c1-13-5-6-14(16(7-13)27(3)4)10-25-21(24-2)26-11-15-8-18-19(29-12-28-18)9-17(15)30-20(22)23/h5-9,20H,10-12H2,1-4H3,(H2,24,25,26). The highest BCUT2D eigenvalue weighted by atomic mass is 19.3. The van der Waals surface area contributed by atoms with Gasteiger partial charge in [0, 0.05) is 51.5 Å². The lowest BCUT2D eigenvalue weighted by Crippen LogP contribution is -2.36. The fourth-order valence-electron chi connectivity index (χ4n) is 3.13. The van der Waals surface area contributed by atoms with E-state index in [1.807, 2.05) is 14.1 Å². The normalized spacial score (nSPS) is 12.8.